The van der Waals surface area contributed by atoms with Crippen LogP contribution >= 0.6 is 11.3 Å². The van der Waals surface area contributed by atoms with Crippen LogP contribution in [0.15, 0.2) is 46.7 Å². The summed E-state index contributed by atoms with van der Waals surface area (Å²) in [4.78, 5) is 13.1. The molecule has 0 fully saturated rings. The van der Waals surface area contributed by atoms with Crippen molar-refractivity contribution in [3.05, 3.63) is 52.2 Å². The number of nitrogens with one attached hydrogen (secondary N) is 1. The Morgan fingerprint density at radius 2 is 1.88 bits per heavy atom. The van der Waals surface area contributed by atoms with Crippen molar-refractivity contribution < 1.29 is 18.3 Å². The molecule has 0 saturated heterocycles. The minimum Gasteiger partial charge on any atom is -0.383 e. The lowest BCUT2D eigenvalue weighted by atomic mass is 10.1. The first-order valence-electron chi connectivity index (χ1n) is 7.22. The van der Waals surface area contributed by atoms with Gasteiger partial charge in [-0.05, 0) is 42.6 Å². The van der Waals surface area contributed by atoms with Crippen LogP contribution in [0.2, 0.25) is 0 Å². The van der Waals surface area contributed by atoms with Gasteiger partial charge in [-0.25, -0.2) is 12.7 Å². The maximum atomic E-state index is 12.2. The number of amides is 1. The predicted octanol–water partition coefficient (Wildman–Crippen LogP) is 1.64. The number of aliphatic hydroxyl groups is 1. The van der Waals surface area contributed by atoms with E-state index in [0.717, 1.165) is 9.18 Å². The molecule has 8 heteroatoms. The topological polar surface area (TPSA) is 86.7 Å². The molecule has 2 rings (SSSR count). The maximum absolute atomic E-state index is 12.2. The standard InChI is InChI=1S/C16H20N2O4S2/c1-16(20,14-5-4-10-23-14)11-17-15(19)12-6-8-13(9-7-12)24(21,22)18(2)3/h4-10,20H,11H2,1-3H3,(H,17,19)/t16-/m1/s1. The van der Waals surface area contributed by atoms with Crippen molar-refractivity contribution in [3.63, 3.8) is 0 Å². The van der Waals surface area contributed by atoms with Gasteiger partial charge in [0.15, 0.2) is 0 Å². The van der Waals surface area contributed by atoms with E-state index < -0.39 is 15.6 Å². The first kappa shape index (κ1) is 18.6. The molecule has 1 heterocycles. The summed E-state index contributed by atoms with van der Waals surface area (Å²) in [6, 6.07) is 9.32. The summed E-state index contributed by atoms with van der Waals surface area (Å²) in [5.74, 6) is -0.374. The van der Waals surface area contributed by atoms with Gasteiger partial charge in [0.05, 0.1) is 11.4 Å². The van der Waals surface area contributed by atoms with Crippen LogP contribution in [0.3, 0.4) is 0 Å². The van der Waals surface area contributed by atoms with Gasteiger partial charge >= 0.3 is 0 Å². The van der Waals surface area contributed by atoms with Gasteiger partial charge in [0.2, 0.25) is 10.0 Å². The third kappa shape index (κ3) is 4.02. The molecule has 0 aliphatic heterocycles. The normalized spacial score (nSPS) is 14.4. The number of hydrogen-bond acceptors (Lipinski definition) is 5. The summed E-state index contributed by atoms with van der Waals surface area (Å²) < 4.78 is 25.1. The van der Waals surface area contributed by atoms with Crippen LogP contribution in [0.4, 0.5) is 0 Å². The highest BCUT2D eigenvalue weighted by Gasteiger charge is 2.25. The fourth-order valence-electron chi connectivity index (χ4n) is 2.02. The van der Waals surface area contributed by atoms with E-state index in [4.69, 9.17) is 0 Å². The highest BCUT2D eigenvalue weighted by atomic mass is 32.2. The number of nitrogens with zero attached hydrogens (tertiary/aromatic N) is 1. The molecule has 0 unspecified atom stereocenters. The number of rotatable bonds is 6. The van der Waals surface area contributed by atoms with Gasteiger partial charge in [0, 0.05) is 24.5 Å². The molecule has 1 atom stereocenters. The van der Waals surface area contributed by atoms with E-state index in [9.17, 15) is 18.3 Å². The molecule has 0 bridgehead atoms. The maximum Gasteiger partial charge on any atom is 0.251 e. The number of thiophene rings is 1. The minimum absolute atomic E-state index is 0.0596. The molecule has 0 radical (unpaired) electrons. The van der Waals surface area contributed by atoms with E-state index in [1.54, 1.807) is 13.0 Å². The van der Waals surface area contributed by atoms with Gasteiger partial charge in [-0.15, -0.1) is 11.3 Å². The van der Waals surface area contributed by atoms with E-state index in [1.165, 1.54) is 49.7 Å². The van der Waals surface area contributed by atoms with E-state index in [0.29, 0.717) is 5.56 Å². The molecule has 0 aliphatic rings. The summed E-state index contributed by atoms with van der Waals surface area (Å²) in [6.07, 6.45) is 0. The zero-order chi connectivity index (χ0) is 18.0. The molecule has 130 valence electrons. The Morgan fingerprint density at radius 3 is 2.38 bits per heavy atom. The zero-order valence-corrected chi connectivity index (χ0v) is 15.3. The molecule has 24 heavy (non-hydrogen) atoms. The average Bonchev–Trinajstić information content (AvgIpc) is 3.08. The van der Waals surface area contributed by atoms with Crippen LogP contribution in [0.1, 0.15) is 22.2 Å². The second kappa shape index (κ2) is 7.02. The monoisotopic (exact) mass is 368 g/mol. The first-order valence-corrected chi connectivity index (χ1v) is 9.54. The molecule has 0 saturated carbocycles. The number of benzene rings is 1. The number of hydrogen-bond donors (Lipinski definition) is 2. The summed E-state index contributed by atoms with van der Waals surface area (Å²) in [7, 11) is -0.627. The van der Waals surface area contributed by atoms with Crippen molar-refractivity contribution in [2.75, 3.05) is 20.6 Å². The quantitative estimate of drug-likeness (QED) is 0.811. The lowest BCUT2D eigenvalue weighted by Crippen LogP contribution is -2.38. The Bertz CT molecular complexity index is 795. The molecule has 1 amide bonds. The highest BCUT2D eigenvalue weighted by Crippen LogP contribution is 2.24. The SMILES string of the molecule is CN(C)S(=O)(=O)c1ccc(C(=O)NC[C@@](C)(O)c2cccs2)cc1. The van der Waals surface area contributed by atoms with Crippen LogP contribution in [0, 0.1) is 0 Å². The predicted molar refractivity (Wildman–Crippen MR) is 93.5 cm³/mol. The molecule has 2 aromatic rings. The second-order valence-corrected chi connectivity index (χ2v) is 8.85. The van der Waals surface area contributed by atoms with Crippen LogP contribution in [-0.4, -0.2) is 44.4 Å². The Kier molecular flexibility index (Phi) is 5.44. The average molecular weight is 368 g/mol. The zero-order valence-electron chi connectivity index (χ0n) is 13.7. The van der Waals surface area contributed by atoms with Crippen molar-refractivity contribution in [2.24, 2.45) is 0 Å². The lowest BCUT2D eigenvalue weighted by Gasteiger charge is -2.22. The van der Waals surface area contributed by atoms with Gasteiger partial charge in [-0.3, -0.25) is 4.79 Å². The van der Waals surface area contributed by atoms with Gasteiger partial charge in [-0.2, -0.15) is 0 Å². The van der Waals surface area contributed by atoms with Crippen LogP contribution < -0.4 is 5.32 Å². The van der Waals surface area contributed by atoms with Crippen LogP contribution in [0.5, 0.6) is 0 Å². The molecule has 2 N–H and O–H groups in total. The first-order chi connectivity index (χ1) is 11.1. The van der Waals surface area contributed by atoms with E-state index in [1.807, 2.05) is 11.4 Å². The van der Waals surface area contributed by atoms with Gasteiger partial charge < -0.3 is 10.4 Å². The molecule has 0 aliphatic carbocycles. The van der Waals surface area contributed by atoms with Crippen LogP contribution in [0.25, 0.3) is 0 Å². The third-order valence-electron chi connectivity index (χ3n) is 3.54. The van der Waals surface area contributed by atoms with E-state index in [-0.39, 0.29) is 17.3 Å². The minimum atomic E-state index is -3.52. The second-order valence-electron chi connectivity index (χ2n) is 5.75. The van der Waals surface area contributed by atoms with E-state index in [2.05, 4.69) is 5.32 Å². The van der Waals surface area contributed by atoms with Crippen molar-refractivity contribution in [1.29, 1.82) is 0 Å². The smallest absolute Gasteiger partial charge is 0.251 e. The van der Waals surface area contributed by atoms with Crippen molar-refractivity contribution in [2.45, 2.75) is 17.4 Å². The Balaban J connectivity index is 2.06. The number of carbonyl (C=O) groups excluding carboxylic acids is 1. The molecular formula is C16H20N2O4S2. The van der Waals surface area contributed by atoms with E-state index >= 15 is 0 Å². The molecule has 0 spiro atoms. The number of carbonyl (C=O) groups is 1. The Morgan fingerprint density at radius 1 is 1.25 bits per heavy atom. The Labute approximate surface area is 145 Å². The lowest BCUT2D eigenvalue weighted by molar-refractivity contribution is 0.0557. The van der Waals surface area contributed by atoms with Crippen LogP contribution in [-0.2, 0) is 15.6 Å². The molecular weight excluding hydrogens is 348 g/mol. The summed E-state index contributed by atoms with van der Waals surface area (Å²) >= 11 is 1.41. The Hall–Kier alpha value is -1.74. The van der Waals surface area contributed by atoms with Gasteiger partial charge in [-0.1, -0.05) is 6.07 Å². The molecule has 1 aromatic heterocycles. The van der Waals surface area contributed by atoms with Crippen molar-refractivity contribution in [1.82, 2.24) is 9.62 Å². The summed E-state index contributed by atoms with van der Waals surface area (Å²) in [5, 5.41) is 14.9. The summed E-state index contributed by atoms with van der Waals surface area (Å²) in [6.45, 7) is 1.69. The molecule has 1 aromatic carbocycles. The number of sulfonamides is 1. The fraction of sp³-hybridized carbons (Fsp3) is 0.312. The third-order valence-corrected chi connectivity index (χ3v) is 6.49. The van der Waals surface area contributed by atoms with Gasteiger partial charge in [0.1, 0.15) is 5.60 Å². The fourth-order valence-corrected chi connectivity index (χ4v) is 3.70. The van der Waals surface area contributed by atoms with Crippen molar-refractivity contribution in [3.8, 4) is 0 Å². The highest BCUT2D eigenvalue weighted by molar-refractivity contribution is 7.89. The van der Waals surface area contributed by atoms with Gasteiger partial charge in [0.25, 0.3) is 5.91 Å². The summed E-state index contributed by atoms with van der Waals surface area (Å²) in [5.41, 5.74) is -0.826. The molecule has 6 nitrogen and oxygen atoms in total. The van der Waals surface area contributed by atoms with Crippen molar-refractivity contribution >= 4 is 27.3 Å². The largest absolute Gasteiger partial charge is 0.383 e.